The predicted octanol–water partition coefficient (Wildman–Crippen LogP) is 10.2. The third-order valence-corrected chi connectivity index (χ3v) is 13.2. The van der Waals surface area contributed by atoms with Gasteiger partial charge in [0.2, 0.25) is 11.8 Å². The highest BCUT2D eigenvalue weighted by Crippen LogP contribution is 2.39. The van der Waals surface area contributed by atoms with Crippen LogP contribution in [-0.2, 0) is 9.59 Å². The molecule has 2 aliphatic heterocycles. The second-order valence-corrected chi connectivity index (χ2v) is 16.8. The number of hydrogen-bond acceptors (Lipinski definition) is 6. The van der Waals surface area contributed by atoms with E-state index in [0.717, 1.165) is 133 Å². The standard InChI is InChI=1S/C52H62N8O2/c1-7-57(8-2)47(41-19-13-11-14-20-41)51(61)59-33-17-23-43(59)49-53-35(5)45(55-49)39-29-25-37(26-30-39)38-27-31-40(32-28-38)46-36(6)54-50(56-46)44-24-18-34-60(44)52(62)48(58(9-3)10-4)42-21-15-12-16-22-42/h11-16,19-22,25-32,43-44,47-48H,7-10,17-18,23-24,33-34H2,1-6H3,(H,53,55)(H,54,56)/t43-,44-,47+,48+/m0/s1. The topological polar surface area (TPSA) is 104 Å². The Bertz CT molecular complexity index is 2250. The summed E-state index contributed by atoms with van der Waals surface area (Å²) in [6.45, 7) is 17.3. The average molecular weight is 831 g/mol. The van der Waals surface area contributed by atoms with Gasteiger partial charge in [0.15, 0.2) is 0 Å². The van der Waals surface area contributed by atoms with Crippen LogP contribution in [0, 0.1) is 13.8 Å². The highest BCUT2D eigenvalue weighted by atomic mass is 16.2. The Morgan fingerprint density at radius 3 is 1.45 bits per heavy atom. The summed E-state index contributed by atoms with van der Waals surface area (Å²) in [4.78, 5) is 54.7. The number of rotatable bonds is 15. The van der Waals surface area contributed by atoms with Crippen molar-refractivity contribution in [3.05, 3.63) is 143 Å². The maximum Gasteiger partial charge on any atom is 0.245 e. The summed E-state index contributed by atoms with van der Waals surface area (Å²) in [6.07, 6.45) is 3.67. The fourth-order valence-corrected chi connectivity index (χ4v) is 9.91. The molecule has 322 valence electrons. The van der Waals surface area contributed by atoms with E-state index in [1.54, 1.807) is 0 Å². The number of carbonyl (C=O) groups is 2. The summed E-state index contributed by atoms with van der Waals surface area (Å²) in [6, 6.07) is 36.8. The number of H-pyrrole nitrogens is 2. The van der Waals surface area contributed by atoms with Crippen LogP contribution in [0.3, 0.4) is 0 Å². The van der Waals surface area contributed by atoms with Crippen molar-refractivity contribution in [2.45, 2.75) is 91.4 Å². The van der Waals surface area contributed by atoms with Crippen molar-refractivity contribution in [3.8, 4) is 33.6 Å². The maximum atomic E-state index is 14.4. The third kappa shape index (κ3) is 8.50. The molecule has 2 fully saturated rings. The molecule has 2 saturated heterocycles. The second kappa shape index (κ2) is 19.1. The normalized spacial score (nSPS) is 17.6. The lowest BCUT2D eigenvalue weighted by molar-refractivity contribution is -0.139. The van der Waals surface area contributed by atoms with Crippen molar-refractivity contribution >= 4 is 11.8 Å². The van der Waals surface area contributed by atoms with E-state index in [4.69, 9.17) is 9.97 Å². The Kier molecular flexibility index (Phi) is 13.2. The van der Waals surface area contributed by atoms with Gasteiger partial charge in [-0.15, -0.1) is 0 Å². The molecule has 2 N–H and O–H groups in total. The van der Waals surface area contributed by atoms with Crippen molar-refractivity contribution in [1.29, 1.82) is 0 Å². The van der Waals surface area contributed by atoms with Gasteiger partial charge in [-0.2, -0.15) is 0 Å². The van der Waals surface area contributed by atoms with Gasteiger partial charge in [-0.05, 0) is 93.5 Å². The minimum Gasteiger partial charge on any atom is -0.344 e. The summed E-state index contributed by atoms with van der Waals surface area (Å²) in [5.41, 5.74) is 10.2. The van der Waals surface area contributed by atoms with Gasteiger partial charge in [0, 0.05) is 24.3 Å². The van der Waals surface area contributed by atoms with Crippen LogP contribution in [0.4, 0.5) is 0 Å². The van der Waals surface area contributed by atoms with Crippen molar-refractivity contribution in [3.63, 3.8) is 0 Å². The van der Waals surface area contributed by atoms with Gasteiger partial charge in [-0.1, -0.05) is 137 Å². The van der Waals surface area contributed by atoms with E-state index in [-0.39, 0.29) is 36.0 Å². The summed E-state index contributed by atoms with van der Waals surface area (Å²) >= 11 is 0. The fourth-order valence-electron chi connectivity index (χ4n) is 9.91. The largest absolute Gasteiger partial charge is 0.344 e. The number of nitrogens with one attached hydrogen (secondary N) is 2. The molecule has 6 aromatic rings. The predicted molar refractivity (Wildman–Crippen MR) is 248 cm³/mol. The van der Waals surface area contributed by atoms with E-state index in [9.17, 15) is 9.59 Å². The Morgan fingerprint density at radius 2 is 1.00 bits per heavy atom. The van der Waals surface area contributed by atoms with E-state index in [1.807, 2.05) is 43.3 Å². The van der Waals surface area contributed by atoms with Crippen LogP contribution in [0.15, 0.2) is 109 Å². The van der Waals surface area contributed by atoms with E-state index in [1.165, 1.54) is 0 Å². The van der Waals surface area contributed by atoms with E-state index >= 15 is 0 Å². The number of aryl methyl sites for hydroxylation is 2. The summed E-state index contributed by atoms with van der Waals surface area (Å²) < 4.78 is 0. The first kappa shape index (κ1) is 42.8. The molecule has 4 atom stereocenters. The number of carbonyl (C=O) groups excluding carboxylic acids is 2. The zero-order valence-corrected chi connectivity index (χ0v) is 37.3. The van der Waals surface area contributed by atoms with Crippen LogP contribution < -0.4 is 0 Å². The summed E-state index contributed by atoms with van der Waals surface area (Å²) in [5, 5.41) is 0. The lowest BCUT2D eigenvalue weighted by Crippen LogP contribution is -2.43. The van der Waals surface area contributed by atoms with Gasteiger partial charge < -0.3 is 19.8 Å². The first-order valence-corrected chi connectivity index (χ1v) is 22.8. The lowest BCUT2D eigenvalue weighted by Gasteiger charge is -2.34. The van der Waals surface area contributed by atoms with E-state index in [0.29, 0.717) is 0 Å². The zero-order valence-electron chi connectivity index (χ0n) is 37.3. The monoisotopic (exact) mass is 830 g/mol. The van der Waals surface area contributed by atoms with Crippen LogP contribution >= 0.6 is 0 Å². The lowest BCUT2D eigenvalue weighted by atomic mass is 10.0. The highest BCUT2D eigenvalue weighted by molar-refractivity contribution is 5.85. The number of nitrogens with zero attached hydrogens (tertiary/aromatic N) is 6. The van der Waals surface area contributed by atoms with Gasteiger partial charge in [0.25, 0.3) is 0 Å². The highest BCUT2D eigenvalue weighted by Gasteiger charge is 2.40. The molecular weight excluding hydrogens is 769 g/mol. The number of likely N-dealkylation sites (tertiary alicyclic amines) is 2. The molecule has 10 nitrogen and oxygen atoms in total. The van der Waals surface area contributed by atoms with Crippen molar-refractivity contribution < 1.29 is 9.59 Å². The van der Waals surface area contributed by atoms with Gasteiger partial charge in [-0.3, -0.25) is 19.4 Å². The Hall–Kier alpha value is -5.84. The van der Waals surface area contributed by atoms with Crippen molar-refractivity contribution in [1.82, 2.24) is 39.5 Å². The summed E-state index contributed by atoms with van der Waals surface area (Å²) in [5.74, 6) is 2.00. The SMILES string of the molecule is CCN(CC)[C@@H](C(=O)N1CCC[C@H]1c1nc(-c2ccc(-c3ccc(-c4[nH]c([C@@H]5CCCN5C(=O)[C@@H](c5ccccc5)N(CC)CC)nc4C)cc3)cc2)c(C)[nH]1)c1ccccc1. The molecule has 0 saturated carbocycles. The van der Waals surface area contributed by atoms with Crippen LogP contribution in [0.5, 0.6) is 0 Å². The minimum absolute atomic E-state index is 0.0896. The quantitative estimate of drug-likeness (QED) is 0.107. The molecule has 0 unspecified atom stereocenters. The van der Waals surface area contributed by atoms with Crippen LogP contribution in [0.2, 0.25) is 0 Å². The van der Waals surface area contributed by atoms with Gasteiger partial charge >= 0.3 is 0 Å². The number of aromatic nitrogens is 4. The van der Waals surface area contributed by atoms with E-state index < -0.39 is 0 Å². The molecule has 0 aliphatic carbocycles. The van der Waals surface area contributed by atoms with Crippen molar-refractivity contribution in [2.75, 3.05) is 39.3 Å². The third-order valence-electron chi connectivity index (χ3n) is 13.2. The van der Waals surface area contributed by atoms with Gasteiger partial charge in [-0.25, -0.2) is 9.97 Å². The molecule has 4 heterocycles. The smallest absolute Gasteiger partial charge is 0.245 e. The number of amides is 2. The molecule has 62 heavy (non-hydrogen) atoms. The molecule has 0 spiro atoms. The Labute approximate surface area is 367 Å². The molecular formula is C52H62N8O2. The first-order valence-electron chi connectivity index (χ1n) is 22.8. The molecule has 2 aliphatic rings. The van der Waals surface area contributed by atoms with Gasteiger partial charge in [0.1, 0.15) is 23.7 Å². The number of aromatic amines is 2. The molecule has 0 radical (unpaired) electrons. The molecule has 10 heteroatoms. The number of benzene rings is 4. The van der Waals surface area contributed by atoms with Crippen LogP contribution in [0.25, 0.3) is 33.6 Å². The number of imidazole rings is 2. The molecule has 4 aromatic carbocycles. The Morgan fingerprint density at radius 1 is 0.581 bits per heavy atom. The summed E-state index contributed by atoms with van der Waals surface area (Å²) in [7, 11) is 0. The molecule has 2 amide bonds. The van der Waals surface area contributed by atoms with E-state index in [2.05, 4.69) is 137 Å². The Balaban J connectivity index is 0.966. The molecule has 8 rings (SSSR count). The minimum atomic E-state index is -0.319. The number of hydrogen-bond donors (Lipinski definition) is 2. The average Bonchev–Trinajstić information content (AvgIpc) is 4.15. The number of likely N-dealkylation sites (N-methyl/N-ethyl adjacent to an activating group) is 2. The fraction of sp³-hybridized carbons (Fsp3) is 0.385. The zero-order chi connectivity index (χ0) is 43.3. The van der Waals surface area contributed by atoms with Crippen LogP contribution in [-0.4, -0.2) is 90.6 Å². The maximum absolute atomic E-state index is 14.4. The molecule has 0 bridgehead atoms. The van der Waals surface area contributed by atoms with Crippen molar-refractivity contribution in [2.24, 2.45) is 0 Å². The van der Waals surface area contributed by atoms with Gasteiger partial charge in [0.05, 0.1) is 29.2 Å². The van der Waals surface area contributed by atoms with Crippen LogP contribution in [0.1, 0.15) is 112 Å². The second-order valence-electron chi connectivity index (χ2n) is 16.8. The molecule has 2 aromatic heterocycles. The first-order chi connectivity index (χ1) is 30.2.